The Morgan fingerprint density at radius 2 is 2.25 bits per heavy atom. The van der Waals surface area contributed by atoms with Crippen molar-refractivity contribution in [3.63, 3.8) is 0 Å². The molecule has 0 unspecified atom stereocenters. The fourth-order valence-corrected chi connectivity index (χ4v) is 2.00. The molecule has 6 nitrogen and oxygen atoms in total. The number of pyridine rings is 1. The van der Waals surface area contributed by atoms with Gasteiger partial charge in [0.2, 0.25) is 0 Å². The molecule has 20 heavy (non-hydrogen) atoms. The number of aromatic amines is 1. The summed E-state index contributed by atoms with van der Waals surface area (Å²) in [6.45, 7) is 0. The SMILES string of the molecule is O=C(O)/C=C/c1c[nH]c2ncnc(-c3cccnc3)c12. The largest absolute Gasteiger partial charge is 0.478 e. The highest BCUT2D eigenvalue weighted by Gasteiger charge is 2.11. The average molecular weight is 266 g/mol. The number of carboxylic acids is 1. The van der Waals surface area contributed by atoms with E-state index in [1.165, 1.54) is 12.4 Å². The van der Waals surface area contributed by atoms with Crippen molar-refractivity contribution in [1.82, 2.24) is 19.9 Å². The molecule has 3 rings (SSSR count). The van der Waals surface area contributed by atoms with Gasteiger partial charge in [0.1, 0.15) is 12.0 Å². The molecule has 3 aromatic rings. The molecule has 0 aliphatic carbocycles. The van der Waals surface area contributed by atoms with Gasteiger partial charge in [0.15, 0.2) is 0 Å². The van der Waals surface area contributed by atoms with Crippen molar-refractivity contribution in [2.45, 2.75) is 0 Å². The summed E-state index contributed by atoms with van der Waals surface area (Å²) in [5.41, 5.74) is 2.95. The Morgan fingerprint density at radius 3 is 3.00 bits per heavy atom. The maximum atomic E-state index is 10.6. The van der Waals surface area contributed by atoms with E-state index in [-0.39, 0.29) is 0 Å². The highest BCUT2D eigenvalue weighted by Crippen LogP contribution is 2.28. The number of carbonyl (C=O) groups is 1. The first-order valence-corrected chi connectivity index (χ1v) is 5.89. The van der Waals surface area contributed by atoms with Crippen molar-refractivity contribution in [2.24, 2.45) is 0 Å². The maximum Gasteiger partial charge on any atom is 0.328 e. The number of carboxylic acid groups (broad SMARTS) is 1. The van der Waals surface area contributed by atoms with Crippen molar-refractivity contribution in [3.8, 4) is 11.3 Å². The standard InChI is InChI=1S/C14H10N4O2/c19-11(20)4-3-9-7-16-14-12(9)13(17-8-18-14)10-2-1-5-15-6-10/h1-8H,(H,19,20)(H,16,17,18)/b4-3+. The van der Waals surface area contributed by atoms with Gasteiger partial charge in [-0.1, -0.05) is 0 Å². The Morgan fingerprint density at radius 1 is 1.35 bits per heavy atom. The Hall–Kier alpha value is -3.02. The minimum atomic E-state index is -1.00. The van der Waals surface area contributed by atoms with E-state index in [1.54, 1.807) is 18.6 Å². The van der Waals surface area contributed by atoms with Gasteiger partial charge in [-0.2, -0.15) is 0 Å². The lowest BCUT2D eigenvalue weighted by atomic mass is 10.1. The van der Waals surface area contributed by atoms with E-state index in [0.29, 0.717) is 5.65 Å². The number of hydrogen-bond acceptors (Lipinski definition) is 4. The van der Waals surface area contributed by atoms with Gasteiger partial charge in [-0.3, -0.25) is 4.98 Å². The number of aliphatic carboxylic acids is 1. The van der Waals surface area contributed by atoms with E-state index in [4.69, 9.17) is 5.11 Å². The van der Waals surface area contributed by atoms with Crippen LogP contribution in [0.5, 0.6) is 0 Å². The fraction of sp³-hybridized carbons (Fsp3) is 0. The van der Waals surface area contributed by atoms with Crippen LogP contribution >= 0.6 is 0 Å². The molecule has 3 heterocycles. The van der Waals surface area contributed by atoms with Crippen molar-refractivity contribution in [2.75, 3.05) is 0 Å². The molecule has 2 N–H and O–H groups in total. The second kappa shape index (κ2) is 4.93. The molecule has 0 saturated carbocycles. The molecule has 0 saturated heterocycles. The third-order valence-corrected chi connectivity index (χ3v) is 2.84. The second-order valence-electron chi connectivity index (χ2n) is 4.10. The number of aromatic nitrogens is 4. The van der Waals surface area contributed by atoms with Crippen LogP contribution in [-0.2, 0) is 4.79 Å². The van der Waals surface area contributed by atoms with Gasteiger partial charge in [-0.05, 0) is 18.2 Å². The number of rotatable bonds is 3. The zero-order valence-electron chi connectivity index (χ0n) is 10.3. The summed E-state index contributed by atoms with van der Waals surface area (Å²) >= 11 is 0. The number of H-pyrrole nitrogens is 1. The van der Waals surface area contributed by atoms with Gasteiger partial charge in [0.25, 0.3) is 0 Å². The van der Waals surface area contributed by atoms with E-state index < -0.39 is 5.97 Å². The monoisotopic (exact) mass is 266 g/mol. The first-order chi connectivity index (χ1) is 9.75. The summed E-state index contributed by atoms with van der Waals surface area (Å²) in [5.74, 6) is -1.00. The zero-order chi connectivity index (χ0) is 13.9. The predicted octanol–water partition coefficient (Wildman–Crippen LogP) is 2.12. The Labute approximate surface area is 113 Å². The van der Waals surface area contributed by atoms with E-state index in [1.807, 2.05) is 12.1 Å². The minimum Gasteiger partial charge on any atom is -0.478 e. The van der Waals surface area contributed by atoms with Crippen LogP contribution in [0.1, 0.15) is 5.56 Å². The summed E-state index contributed by atoms with van der Waals surface area (Å²) in [7, 11) is 0. The molecule has 0 spiro atoms. The number of hydrogen-bond donors (Lipinski definition) is 2. The first-order valence-electron chi connectivity index (χ1n) is 5.89. The van der Waals surface area contributed by atoms with Crippen LogP contribution in [0.4, 0.5) is 0 Å². The molecule has 6 heteroatoms. The Bertz CT molecular complexity index is 793. The number of nitrogens with zero attached hydrogens (tertiary/aromatic N) is 3. The van der Waals surface area contributed by atoms with Crippen molar-refractivity contribution >= 4 is 23.1 Å². The molecule has 98 valence electrons. The lowest BCUT2D eigenvalue weighted by molar-refractivity contribution is -0.131. The minimum absolute atomic E-state index is 0.656. The van der Waals surface area contributed by atoms with Gasteiger partial charge in [-0.15, -0.1) is 0 Å². The van der Waals surface area contributed by atoms with E-state index in [9.17, 15) is 4.79 Å². The fourth-order valence-electron chi connectivity index (χ4n) is 2.00. The van der Waals surface area contributed by atoms with Crippen LogP contribution in [0, 0.1) is 0 Å². The van der Waals surface area contributed by atoms with Crippen LogP contribution < -0.4 is 0 Å². The lowest BCUT2D eigenvalue weighted by Gasteiger charge is -2.02. The van der Waals surface area contributed by atoms with Crippen LogP contribution in [0.2, 0.25) is 0 Å². The van der Waals surface area contributed by atoms with Gasteiger partial charge >= 0.3 is 5.97 Å². The molecule has 0 fully saturated rings. The van der Waals surface area contributed by atoms with Crippen LogP contribution in [0.3, 0.4) is 0 Å². The van der Waals surface area contributed by atoms with Crippen molar-refractivity contribution in [3.05, 3.63) is 48.7 Å². The Balaban J connectivity index is 2.22. The van der Waals surface area contributed by atoms with E-state index in [2.05, 4.69) is 19.9 Å². The molecule has 0 bridgehead atoms. The van der Waals surface area contributed by atoms with Crippen molar-refractivity contribution < 1.29 is 9.90 Å². The molecule has 0 atom stereocenters. The Kier molecular flexibility index (Phi) is 2.96. The highest BCUT2D eigenvalue weighted by molar-refractivity contribution is 5.99. The number of fused-ring (bicyclic) bond motifs is 1. The van der Waals surface area contributed by atoms with Crippen molar-refractivity contribution in [1.29, 1.82) is 0 Å². The maximum absolute atomic E-state index is 10.6. The third kappa shape index (κ3) is 2.14. The lowest BCUT2D eigenvalue weighted by Crippen LogP contribution is -1.89. The molecule has 0 aliphatic heterocycles. The average Bonchev–Trinajstić information content (AvgIpc) is 2.89. The molecular formula is C14H10N4O2. The first kappa shape index (κ1) is 12.0. The normalized spacial score (nSPS) is 11.2. The topological polar surface area (TPSA) is 91.8 Å². The van der Waals surface area contributed by atoms with Gasteiger partial charge in [-0.25, -0.2) is 14.8 Å². The quantitative estimate of drug-likeness (QED) is 0.708. The summed E-state index contributed by atoms with van der Waals surface area (Å²) in [4.78, 5) is 26.2. The molecule has 0 amide bonds. The van der Waals surface area contributed by atoms with E-state index >= 15 is 0 Å². The molecular weight excluding hydrogens is 256 g/mol. The molecule has 0 radical (unpaired) electrons. The summed E-state index contributed by atoms with van der Waals surface area (Å²) in [6.07, 6.45) is 9.17. The molecule has 0 aliphatic rings. The second-order valence-corrected chi connectivity index (χ2v) is 4.10. The van der Waals surface area contributed by atoms with Crippen LogP contribution in [-0.4, -0.2) is 31.0 Å². The van der Waals surface area contributed by atoms with Gasteiger partial charge in [0, 0.05) is 35.8 Å². The van der Waals surface area contributed by atoms with Gasteiger partial charge in [0.05, 0.1) is 11.1 Å². The third-order valence-electron chi connectivity index (χ3n) is 2.84. The summed E-state index contributed by atoms with van der Waals surface area (Å²) in [6, 6.07) is 3.72. The smallest absolute Gasteiger partial charge is 0.328 e. The molecule has 0 aromatic carbocycles. The zero-order valence-corrected chi connectivity index (χ0v) is 10.3. The van der Waals surface area contributed by atoms with E-state index in [0.717, 1.165) is 28.3 Å². The van der Waals surface area contributed by atoms with Crippen LogP contribution in [0.15, 0.2) is 43.1 Å². The van der Waals surface area contributed by atoms with Gasteiger partial charge < -0.3 is 10.1 Å². The number of nitrogens with one attached hydrogen (secondary N) is 1. The molecule has 3 aromatic heterocycles. The summed E-state index contributed by atoms with van der Waals surface area (Å²) in [5, 5.41) is 9.51. The van der Waals surface area contributed by atoms with Crippen LogP contribution in [0.25, 0.3) is 28.4 Å². The predicted molar refractivity (Wildman–Crippen MR) is 73.8 cm³/mol. The highest BCUT2D eigenvalue weighted by atomic mass is 16.4. The summed E-state index contributed by atoms with van der Waals surface area (Å²) < 4.78 is 0.